The normalized spacial score (nSPS) is 19.7. The number of para-hydroxylation sites is 1. The fourth-order valence-corrected chi connectivity index (χ4v) is 2.41. The molecule has 1 aliphatic rings. The Morgan fingerprint density at radius 2 is 2.10 bits per heavy atom. The summed E-state index contributed by atoms with van der Waals surface area (Å²) in [4.78, 5) is 27.1. The molecule has 1 amide bonds. The minimum Gasteiger partial charge on any atom is -0.465 e. The third-order valence-corrected chi connectivity index (χ3v) is 3.56. The van der Waals surface area contributed by atoms with Crippen LogP contribution in [-0.2, 0) is 14.3 Å². The SMILES string of the molecule is CCOC(=O)CN1CCN(c2ccccc2F)C(=O)[C@@H]1C. The topological polar surface area (TPSA) is 49.9 Å². The molecule has 1 aromatic carbocycles. The number of piperazine rings is 1. The highest BCUT2D eigenvalue weighted by molar-refractivity contribution is 5.98. The quantitative estimate of drug-likeness (QED) is 0.788. The predicted molar refractivity (Wildman–Crippen MR) is 76.4 cm³/mol. The second-order valence-corrected chi connectivity index (χ2v) is 4.89. The number of esters is 1. The van der Waals surface area contributed by atoms with Crippen LogP contribution < -0.4 is 4.90 Å². The van der Waals surface area contributed by atoms with E-state index in [0.717, 1.165) is 0 Å². The summed E-state index contributed by atoms with van der Waals surface area (Å²) < 4.78 is 18.7. The van der Waals surface area contributed by atoms with Crippen LogP contribution in [0.15, 0.2) is 24.3 Å². The van der Waals surface area contributed by atoms with E-state index in [0.29, 0.717) is 19.7 Å². The van der Waals surface area contributed by atoms with Gasteiger partial charge in [-0.1, -0.05) is 12.1 Å². The largest absolute Gasteiger partial charge is 0.465 e. The molecule has 5 nitrogen and oxygen atoms in total. The Balaban J connectivity index is 2.08. The van der Waals surface area contributed by atoms with E-state index in [2.05, 4.69) is 0 Å². The molecule has 1 heterocycles. The van der Waals surface area contributed by atoms with Crippen LogP contribution >= 0.6 is 0 Å². The van der Waals surface area contributed by atoms with Crippen molar-refractivity contribution < 1.29 is 18.7 Å². The summed E-state index contributed by atoms with van der Waals surface area (Å²) in [6.07, 6.45) is 0. The average Bonchev–Trinajstić information content (AvgIpc) is 2.46. The summed E-state index contributed by atoms with van der Waals surface area (Å²) in [7, 11) is 0. The first-order valence-corrected chi connectivity index (χ1v) is 7.00. The lowest BCUT2D eigenvalue weighted by Crippen LogP contribution is -2.57. The number of hydrogen-bond acceptors (Lipinski definition) is 4. The van der Waals surface area contributed by atoms with Gasteiger partial charge in [-0.05, 0) is 26.0 Å². The highest BCUT2D eigenvalue weighted by Crippen LogP contribution is 2.23. The van der Waals surface area contributed by atoms with Crippen molar-refractivity contribution in [2.45, 2.75) is 19.9 Å². The van der Waals surface area contributed by atoms with Gasteiger partial charge in [0.05, 0.1) is 24.9 Å². The Morgan fingerprint density at radius 3 is 2.76 bits per heavy atom. The van der Waals surface area contributed by atoms with Gasteiger partial charge in [-0.15, -0.1) is 0 Å². The maximum atomic E-state index is 13.8. The Kier molecular flexibility index (Phi) is 4.90. The first-order chi connectivity index (χ1) is 10.0. The van der Waals surface area contributed by atoms with E-state index >= 15 is 0 Å². The molecular formula is C15H19FN2O3. The third-order valence-electron chi connectivity index (χ3n) is 3.56. The van der Waals surface area contributed by atoms with Gasteiger partial charge in [-0.25, -0.2) is 4.39 Å². The first-order valence-electron chi connectivity index (χ1n) is 7.00. The van der Waals surface area contributed by atoms with Gasteiger partial charge >= 0.3 is 5.97 Å². The zero-order valence-corrected chi connectivity index (χ0v) is 12.2. The molecule has 2 rings (SSSR count). The minimum absolute atomic E-state index is 0.0753. The fraction of sp³-hybridized carbons (Fsp3) is 0.467. The monoisotopic (exact) mass is 294 g/mol. The second kappa shape index (κ2) is 6.67. The lowest BCUT2D eigenvalue weighted by molar-refractivity contribution is -0.145. The number of ether oxygens (including phenoxy) is 1. The summed E-state index contributed by atoms with van der Waals surface area (Å²) in [6, 6.07) is 5.72. The van der Waals surface area contributed by atoms with E-state index < -0.39 is 11.9 Å². The summed E-state index contributed by atoms with van der Waals surface area (Å²) in [6.45, 7) is 4.70. The highest BCUT2D eigenvalue weighted by Gasteiger charge is 2.34. The van der Waals surface area contributed by atoms with Crippen LogP contribution in [0.3, 0.4) is 0 Å². The van der Waals surface area contributed by atoms with Crippen LogP contribution in [0.5, 0.6) is 0 Å². The molecule has 1 saturated heterocycles. The second-order valence-electron chi connectivity index (χ2n) is 4.89. The molecule has 21 heavy (non-hydrogen) atoms. The summed E-state index contributed by atoms with van der Waals surface area (Å²) >= 11 is 0. The van der Waals surface area contributed by atoms with Crippen molar-refractivity contribution >= 4 is 17.6 Å². The van der Waals surface area contributed by atoms with Crippen LogP contribution in [0.2, 0.25) is 0 Å². The van der Waals surface area contributed by atoms with E-state index in [9.17, 15) is 14.0 Å². The number of halogens is 1. The molecule has 114 valence electrons. The number of benzene rings is 1. The van der Waals surface area contributed by atoms with E-state index in [1.54, 1.807) is 36.9 Å². The lowest BCUT2D eigenvalue weighted by Gasteiger charge is -2.38. The van der Waals surface area contributed by atoms with Crippen LogP contribution in [0.4, 0.5) is 10.1 Å². The van der Waals surface area contributed by atoms with Crippen LogP contribution in [-0.4, -0.2) is 49.1 Å². The van der Waals surface area contributed by atoms with E-state index in [-0.39, 0.29) is 24.1 Å². The molecule has 1 fully saturated rings. The maximum Gasteiger partial charge on any atom is 0.320 e. The Morgan fingerprint density at radius 1 is 1.38 bits per heavy atom. The molecule has 0 unspecified atom stereocenters. The van der Waals surface area contributed by atoms with E-state index in [1.807, 2.05) is 0 Å². The highest BCUT2D eigenvalue weighted by atomic mass is 19.1. The number of amides is 1. The van der Waals surface area contributed by atoms with Gasteiger partial charge in [0.2, 0.25) is 5.91 Å². The van der Waals surface area contributed by atoms with Crippen molar-refractivity contribution in [3.63, 3.8) is 0 Å². The molecule has 1 aliphatic heterocycles. The molecular weight excluding hydrogens is 275 g/mol. The first kappa shape index (κ1) is 15.4. The predicted octanol–water partition coefficient (Wildman–Crippen LogP) is 1.43. The number of carbonyl (C=O) groups is 2. The number of rotatable bonds is 4. The van der Waals surface area contributed by atoms with Gasteiger partial charge in [-0.3, -0.25) is 14.5 Å². The molecule has 1 atom stereocenters. The van der Waals surface area contributed by atoms with Crippen molar-refractivity contribution in [2.75, 3.05) is 31.1 Å². The molecule has 0 bridgehead atoms. The number of carbonyl (C=O) groups excluding carboxylic acids is 2. The molecule has 0 spiro atoms. The molecule has 0 aliphatic carbocycles. The van der Waals surface area contributed by atoms with Crippen molar-refractivity contribution in [1.82, 2.24) is 4.90 Å². The molecule has 0 aromatic heterocycles. The van der Waals surface area contributed by atoms with Gasteiger partial charge in [0.15, 0.2) is 0 Å². The Hall–Kier alpha value is -1.95. The lowest BCUT2D eigenvalue weighted by atomic mass is 10.1. The zero-order chi connectivity index (χ0) is 15.4. The molecule has 1 aromatic rings. The Labute approximate surface area is 123 Å². The average molecular weight is 294 g/mol. The zero-order valence-electron chi connectivity index (χ0n) is 12.2. The van der Waals surface area contributed by atoms with Crippen LogP contribution in [0.1, 0.15) is 13.8 Å². The molecule has 0 N–H and O–H groups in total. The smallest absolute Gasteiger partial charge is 0.320 e. The molecule has 0 radical (unpaired) electrons. The van der Waals surface area contributed by atoms with E-state index in [1.165, 1.54) is 11.0 Å². The van der Waals surface area contributed by atoms with Crippen molar-refractivity contribution in [3.05, 3.63) is 30.1 Å². The number of anilines is 1. The number of hydrogen-bond donors (Lipinski definition) is 0. The van der Waals surface area contributed by atoms with Crippen molar-refractivity contribution in [2.24, 2.45) is 0 Å². The molecule has 0 saturated carbocycles. The van der Waals surface area contributed by atoms with E-state index in [4.69, 9.17) is 4.74 Å². The number of nitrogens with zero attached hydrogens (tertiary/aromatic N) is 2. The van der Waals surface area contributed by atoms with Crippen LogP contribution in [0.25, 0.3) is 0 Å². The standard InChI is InChI=1S/C15H19FN2O3/c1-3-21-14(19)10-17-8-9-18(15(20)11(17)2)13-7-5-4-6-12(13)16/h4-7,11H,3,8-10H2,1-2H3/t11-/m0/s1. The van der Waals surface area contributed by atoms with Gasteiger partial charge in [0, 0.05) is 13.1 Å². The molecule has 6 heteroatoms. The third kappa shape index (κ3) is 3.39. The van der Waals surface area contributed by atoms with Crippen molar-refractivity contribution in [3.8, 4) is 0 Å². The maximum absolute atomic E-state index is 13.8. The van der Waals surface area contributed by atoms with Crippen LogP contribution in [0, 0.1) is 5.82 Å². The van der Waals surface area contributed by atoms with Gasteiger partial charge in [-0.2, -0.15) is 0 Å². The summed E-state index contributed by atoms with van der Waals surface area (Å²) in [5, 5.41) is 0. The fourth-order valence-electron chi connectivity index (χ4n) is 2.41. The summed E-state index contributed by atoms with van der Waals surface area (Å²) in [5.41, 5.74) is 0.283. The Bertz CT molecular complexity index is 535. The summed E-state index contributed by atoms with van der Waals surface area (Å²) in [5.74, 6) is -0.982. The van der Waals surface area contributed by atoms with Gasteiger partial charge < -0.3 is 9.64 Å². The van der Waals surface area contributed by atoms with Gasteiger partial charge in [0.25, 0.3) is 0 Å². The van der Waals surface area contributed by atoms with Gasteiger partial charge in [0.1, 0.15) is 5.82 Å². The minimum atomic E-state index is -0.484. The van der Waals surface area contributed by atoms with Crippen molar-refractivity contribution in [1.29, 1.82) is 0 Å².